The molecule has 0 saturated carbocycles. The lowest BCUT2D eigenvalue weighted by molar-refractivity contribution is -0.120. The minimum absolute atomic E-state index is 0.0673. The molecule has 5 nitrogen and oxygen atoms in total. The molecule has 1 aliphatic rings. The van der Waals surface area contributed by atoms with E-state index in [4.69, 9.17) is 14.2 Å². The number of allylic oxidation sites excluding steroid dienone is 2. The van der Waals surface area contributed by atoms with Crippen LogP contribution in [0.5, 0.6) is 0 Å². The number of ether oxygens (including phenoxy) is 3. The summed E-state index contributed by atoms with van der Waals surface area (Å²) in [5, 5.41) is 0. The summed E-state index contributed by atoms with van der Waals surface area (Å²) in [5.74, 6) is -0.906. The molecule has 0 spiro atoms. The van der Waals surface area contributed by atoms with E-state index in [9.17, 15) is 9.59 Å². The Hall–Kier alpha value is -1.62. The van der Waals surface area contributed by atoms with Crippen LogP contribution in [0, 0.1) is 0 Å². The van der Waals surface area contributed by atoms with E-state index in [0.29, 0.717) is 0 Å². The third-order valence-corrected chi connectivity index (χ3v) is 1.94. The Kier molecular flexibility index (Phi) is 3.62. The van der Waals surface area contributed by atoms with Crippen molar-refractivity contribution in [1.29, 1.82) is 0 Å². The summed E-state index contributed by atoms with van der Waals surface area (Å²) in [6.45, 7) is 0.0778. The van der Waals surface area contributed by atoms with Crippen LogP contribution in [0.15, 0.2) is 23.2 Å². The second-order valence-corrected chi connectivity index (χ2v) is 2.86. The molecule has 0 aromatic heterocycles. The molecule has 1 rings (SSSR count). The van der Waals surface area contributed by atoms with E-state index in [1.807, 2.05) is 0 Å². The highest BCUT2D eigenvalue weighted by Gasteiger charge is 2.30. The first-order chi connectivity index (χ1) is 7.15. The topological polar surface area (TPSA) is 61.8 Å². The molecular formula is C10H12O5. The molecule has 0 aromatic carbocycles. The minimum atomic E-state index is -0.388. The predicted octanol–water partition coefficient (Wildman–Crippen LogP) is 0.215. The SMILES string of the molecule is COCC1=CC(=O)C(OC)=C(OC)C1=O. The van der Waals surface area contributed by atoms with Gasteiger partial charge >= 0.3 is 0 Å². The highest BCUT2D eigenvalue weighted by atomic mass is 16.5. The van der Waals surface area contributed by atoms with Crippen molar-refractivity contribution in [2.45, 2.75) is 0 Å². The van der Waals surface area contributed by atoms with Gasteiger partial charge in [0.25, 0.3) is 0 Å². The van der Waals surface area contributed by atoms with E-state index in [1.54, 1.807) is 0 Å². The molecule has 0 fully saturated rings. The smallest absolute Gasteiger partial charge is 0.230 e. The Labute approximate surface area is 87.3 Å². The molecule has 1 aliphatic carbocycles. The van der Waals surface area contributed by atoms with Crippen LogP contribution < -0.4 is 0 Å². The zero-order chi connectivity index (χ0) is 11.4. The second-order valence-electron chi connectivity index (χ2n) is 2.86. The number of hydrogen-bond donors (Lipinski definition) is 0. The van der Waals surface area contributed by atoms with Crippen LogP contribution in [0.25, 0.3) is 0 Å². The zero-order valence-corrected chi connectivity index (χ0v) is 8.83. The molecule has 0 aromatic rings. The van der Waals surface area contributed by atoms with Gasteiger partial charge < -0.3 is 14.2 Å². The first-order valence-corrected chi connectivity index (χ1v) is 4.26. The number of ketones is 2. The summed E-state index contributed by atoms with van der Waals surface area (Å²) in [4.78, 5) is 23.2. The van der Waals surface area contributed by atoms with Gasteiger partial charge in [-0.15, -0.1) is 0 Å². The summed E-state index contributed by atoms with van der Waals surface area (Å²) in [5.41, 5.74) is 0.264. The first-order valence-electron chi connectivity index (χ1n) is 4.26. The normalized spacial score (nSPS) is 16.6. The average Bonchev–Trinajstić information content (AvgIpc) is 2.22. The van der Waals surface area contributed by atoms with E-state index >= 15 is 0 Å². The van der Waals surface area contributed by atoms with E-state index in [2.05, 4.69) is 0 Å². The van der Waals surface area contributed by atoms with Crippen LogP contribution in [0.2, 0.25) is 0 Å². The number of Topliss-reactive ketones (excluding diaryl/α,β-unsaturated/α-hetero) is 1. The lowest BCUT2D eigenvalue weighted by atomic mass is 10.0. The molecule has 0 heterocycles. The van der Waals surface area contributed by atoms with Crippen molar-refractivity contribution in [3.8, 4) is 0 Å². The lowest BCUT2D eigenvalue weighted by Crippen LogP contribution is -2.23. The fraction of sp³-hybridized carbons (Fsp3) is 0.400. The molecule has 0 atom stereocenters. The Morgan fingerprint density at radius 3 is 2.13 bits per heavy atom. The number of carbonyl (C=O) groups excluding carboxylic acids is 2. The average molecular weight is 212 g/mol. The van der Waals surface area contributed by atoms with E-state index in [0.717, 1.165) is 0 Å². The molecule has 0 saturated heterocycles. The fourth-order valence-electron chi connectivity index (χ4n) is 1.29. The van der Waals surface area contributed by atoms with E-state index in [-0.39, 0.29) is 35.3 Å². The molecule has 0 radical (unpaired) electrons. The van der Waals surface area contributed by atoms with Gasteiger partial charge in [0.05, 0.1) is 20.8 Å². The first kappa shape index (κ1) is 11.5. The third-order valence-electron chi connectivity index (χ3n) is 1.94. The van der Waals surface area contributed by atoms with Gasteiger partial charge in [0.15, 0.2) is 0 Å². The largest absolute Gasteiger partial charge is 0.490 e. The van der Waals surface area contributed by atoms with Crippen LogP contribution in [0.4, 0.5) is 0 Å². The van der Waals surface area contributed by atoms with Gasteiger partial charge in [-0.2, -0.15) is 0 Å². The molecular weight excluding hydrogens is 200 g/mol. The van der Waals surface area contributed by atoms with Gasteiger partial charge in [-0.3, -0.25) is 9.59 Å². The summed E-state index contributed by atoms with van der Waals surface area (Å²) < 4.78 is 14.4. The van der Waals surface area contributed by atoms with Crippen molar-refractivity contribution < 1.29 is 23.8 Å². The number of rotatable bonds is 4. The molecule has 82 valence electrons. The van der Waals surface area contributed by atoms with Gasteiger partial charge in [0, 0.05) is 12.7 Å². The van der Waals surface area contributed by atoms with Crippen molar-refractivity contribution in [3.05, 3.63) is 23.2 Å². The standard InChI is InChI=1S/C10H12O5/c1-13-5-6-4-7(11)9(14-2)10(15-3)8(6)12/h4H,5H2,1-3H3. The number of carbonyl (C=O) groups is 2. The quantitative estimate of drug-likeness (QED) is 0.623. The highest BCUT2D eigenvalue weighted by Crippen LogP contribution is 2.20. The highest BCUT2D eigenvalue weighted by molar-refractivity contribution is 6.21. The molecule has 15 heavy (non-hydrogen) atoms. The monoisotopic (exact) mass is 212 g/mol. The van der Waals surface area contributed by atoms with Crippen molar-refractivity contribution >= 4 is 11.6 Å². The minimum Gasteiger partial charge on any atom is -0.490 e. The number of methoxy groups -OCH3 is 3. The van der Waals surface area contributed by atoms with Crippen molar-refractivity contribution in [1.82, 2.24) is 0 Å². The third kappa shape index (κ3) is 2.07. The molecule has 5 heteroatoms. The van der Waals surface area contributed by atoms with Crippen LogP contribution in [0.1, 0.15) is 0 Å². The van der Waals surface area contributed by atoms with Gasteiger partial charge in [0.2, 0.25) is 23.1 Å². The zero-order valence-electron chi connectivity index (χ0n) is 8.83. The molecule has 0 N–H and O–H groups in total. The maximum absolute atomic E-state index is 11.7. The predicted molar refractivity (Wildman–Crippen MR) is 51.0 cm³/mol. The maximum Gasteiger partial charge on any atom is 0.230 e. The molecule has 0 unspecified atom stereocenters. The molecule has 0 amide bonds. The van der Waals surface area contributed by atoms with Gasteiger partial charge in [-0.1, -0.05) is 0 Å². The summed E-state index contributed by atoms with van der Waals surface area (Å²) in [6, 6.07) is 0. The van der Waals surface area contributed by atoms with Crippen LogP contribution in [-0.2, 0) is 23.8 Å². The summed E-state index contributed by atoms with van der Waals surface area (Å²) >= 11 is 0. The Bertz CT molecular complexity index is 351. The van der Waals surface area contributed by atoms with Gasteiger partial charge in [-0.05, 0) is 6.08 Å². The molecule has 0 bridgehead atoms. The lowest BCUT2D eigenvalue weighted by Gasteiger charge is -2.16. The van der Waals surface area contributed by atoms with E-state index in [1.165, 1.54) is 27.4 Å². The second kappa shape index (κ2) is 4.75. The fourth-order valence-corrected chi connectivity index (χ4v) is 1.29. The molecule has 0 aliphatic heterocycles. The van der Waals surface area contributed by atoms with Crippen LogP contribution in [0.3, 0.4) is 0 Å². The van der Waals surface area contributed by atoms with Crippen LogP contribution >= 0.6 is 0 Å². The summed E-state index contributed by atoms with van der Waals surface area (Å²) in [7, 11) is 4.07. The Morgan fingerprint density at radius 1 is 1.07 bits per heavy atom. The van der Waals surface area contributed by atoms with Gasteiger partial charge in [0.1, 0.15) is 0 Å². The van der Waals surface area contributed by atoms with Gasteiger partial charge in [-0.25, -0.2) is 0 Å². The summed E-state index contributed by atoms with van der Waals surface area (Å²) in [6.07, 6.45) is 1.20. The number of hydrogen-bond acceptors (Lipinski definition) is 5. The van der Waals surface area contributed by atoms with Crippen molar-refractivity contribution in [3.63, 3.8) is 0 Å². The Morgan fingerprint density at radius 2 is 1.67 bits per heavy atom. The van der Waals surface area contributed by atoms with Crippen molar-refractivity contribution in [2.75, 3.05) is 27.9 Å². The van der Waals surface area contributed by atoms with Crippen LogP contribution in [-0.4, -0.2) is 39.5 Å². The Balaban J connectivity index is 3.08. The van der Waals surface area contributed by atoms with Crippen molar-refractivity contribution in [2.24, 2.45) is 0 Å². The maximum atomic E-state index is 11.7. The van der Waals surface area contributed by atoms with E-state index < -0.39 is 0 Å².